The molecule has 10 heteroatoms. The lowest BCUT2D eigenvalue weighted by Crippen LogP contribution is -2.19. The minimum absolute atomic E-state index is 0.0167. The molecule has 2 aliphatic rings. The summed E-state index contributed by atoms with van der Waals surface area (Å²) in [6.07, 6.45) is 5.26. The summed E-state index contributed by atoms with van der Waals surface area (Å²) >= 11 is 0. The highest BCUT2D eigenvalue weighted by Crippen LogP contribution is 2.27. The van der Waals surface area contributed by atoms with Crippen LogP contribution in [-0.4, -0.2) is 37.4 Å². The van der Waals surface area contributed by atoms with Crippen LogP contribution in [0.15, 0.2) is 36.0 Å². The number of aromatic nitrogens is 4. The summed E-state index contributed by atoms with van der Waals surface area (Å²) < 4.78 is 15.1. The fraction of sp³-hybridized carbons (Fsp3) is 0.211. The Morgan fingerprint density at radius 3 is 2.83 bits per heavy atom. The number of amides is 2. The van der Waals surface area contributed by atoms with E-state index < -0.39 is 5.91 Å². The van der Waals surface area contributed by atoms with Gasteiger partial charge in [-0.15, -0.1) is 0 Å². The maximum atomic E-state index is 13.5. The topological polar surface area (TPSA) is 113 Å². The van der Waals surface area contributed by atoms with E-state index in [1.165, 1.54) is 12.1 Å². The van der Waals surface area contributed by atoms with Crippen LogP contribution in [0.25, 0.3) is 11.7 Å². The van der Waals surface area contributed by atoms with Gasteiger partial charge in [0.15, 0.2) is 5.65 Å². The maximum Gasteiger partial charge on any atom is 0.254 e. The van der Waals surface area contributed by atoms with E-state index in [9.17, 15) is 14.0 Å². The van der Waals surface area contributed by atoms with Gasteiger partial charge in [-0.2, -0.15) is 19.6 Å². The molecule has 1 aromatic carbocycles. The van der Waals surface area contributed by atoms with E-state index >= 15 is 0 Å². The standard InChI is InChI=1S/C19H16FN7O2/c20-12-2-1-3-14(8-12)22-18-25-16-11(6-10-7-15(28)24-17(10)29)9-21-27(16)19(26-18)23-13-4-5-13/h1-3,6,8-9,13H,4-5,7H2,(H,24,28,29)(H2,22,23,25,26)/b10-6+. The van der Waals surface area contributed by atoms with E-state index in [4.69, 9.17) is 0 Å². The van der Waals surface area contributed by atoms with Crippen molar-refractivity contribution in [3.8, 4) is 0 Å². The first-order chi connectivity index (χ1) is 14.0. The summed E-state index contributed by atoms with van der Waals surface area (Å²) in [5.41, 5.74) is 1.89. The Morgan fingerprint density at radius 1 is 1.24 bits per heavy atom. The Balaban J connectivity index is 1.57. The average molecular weight is 393 g/mol. The van der Waals surface area contributed by atoms with Gasteiger partial charge < -0.3 is 10.6 Å². The molecule has 0 atom stereocenters. The summed E-state index contributed by atoms with van der Waals surface area (Å²) in [7, 11) is 0. The molecule has 146 valence electrons. The molecule has 1 aliphatic carbocycles. The van der Waals surface area contributed by atoms with Crippen molar-refractivity contribution < 1.29 is 14.0 Å². The number of halogens is 1. The molecule has 29 heavy (non-hydrogen) atoms. The summed E-state index contributed by atoms with van der Waals surface area (Å²) in [6, 6.07) is 6.31. The number of rotatable bonds is 5. The molecule has 2 amide bonds. The lowest BCUT2D eigenvalue weighted by molar-refractivity contribution is -0.124. The van der Waals surface area contributed by atoms with Gasteiger partial charge in [-0.25, -0.2) is 4.39 Å². The van der Waals surface area contributed by atoms with Crippen LogP contribution in [0, 0.1) is 5.82 Å². The van der Waals surface area contributed by atoms with Crippen LogP contribution in [0.2, 0.25) is 0 Å². The molecule has 0 bridgehead atoms. The van der Waals surface area contributed by atoms with Crippen LogP contribution in [0.5, 0.6) is 0 Å². The summed E-state index contributed by atoms with van der Waals surface area (Å²) in [4.78, 5) is 32.3. The van der Waals surface area contributed by atoms with Gasteiger partial charge in [0.25, 0.3) is 5.91 Å². The highest BCUT2D eigenvalue weighted by molar-refractivity contribution is 6.15. The first kappa shape index (κ1) is 17.3. The summed E-state index contributed by atoms with van der Waals surface area (Å²) in [5, 5.41) is 12.9. The van der Waals surface area contributed by atoms with Crippen LogP contribution in [-0.2, 0) is 9.59 Å². The van der Waals surface area contributed by atoms with Gasteiger partial charge in [0, 0.05) is 22.9 Å². The van der Waals surface area contributed by atoms with Crippen molar-refractivity contribution in [2.75, 3.05) is 10.6 Å². The predicted molar refractivity (Wildman–Crippen MR) is 103 cm³/mol. The van der Waals surface area contributed by atoms with E-state index in [1.54, 1.807) is 28.9 Å². The third-order valence-corrected chi connectivity index (χ3v) is 4.61. The van der Waals surface area contributed by atoms with Crippen LogP contribution in [0.4, 0.5) is 22.0 Å². The Hall–Kier alpha value is -3.82. The number of imide groups is 1. The lowest BCUT2D eigenvalue weighted by atomic mass is 10.1. The zero-order chi connectivity index (χ0) is 20.0. The Labute approximate surface area is 164 Å². The minimum atomic E-state index is -0.419. The van der Waals surface area contributed by atoms with Crippen molar-refractivity contribution >= 4 is 41.1 Å². The highest BCUT2D eigenvalue weighted by Gasteiger charge is 2.26. The van der Waals surface area contributed by atoms with Gasteiger partial charge in [-0.1, -0.05) is 6.07 Å². The minimum Gasteiger partial charge on any atom is -0.351 e. The van der Waals surface area contributed by atoms with Gasteiger partial charge in [0.05, 0.1) is 12.6 Å². The van der Waals surface area contributed by atoms with Gasteiger partial charge in [0.2, 0.25) is 17.8 Å². The molecule has 1 aliphatic heterocycles. The molecule has 1 saturated carbocycles. The number of fused-ring (bicyclic) bond motifs is 1. The van der Waals surface area contributed by atoms with E-state index in [0.29, 0.717) is 34.5 Å². The molecular weight excluding hydrogens is 377 g/mol. The average Bonchev–Trinajstić information content (AvgIpc) is 3.31. The van der Waals surface area contributed by atoms with Crippen molar-refractivity contribution in [1.82, 2.24) is 24.9 Å². The molecular formula is C19H16FN7O2. The van der Waals surface area contributed by atoms with Crippen LogP contribution in [0.3, 0.4) is 0 Å². The quantitative estimate of drug-likeness (QED) is 0.449. The first-order valence-corrected chi connectivity index (χ1v) is 9.15. The number of hydrogen-bond donors (Lipinski definition) is 3. The number of hydrogen-bond acceptors (Lipinski definition) is 7. The number of nitrogens with one attached hydrogen (secondary N) is 3. The van der Waals surface area contributed by atoms with Gasteiger partial charge in [-0.3, -0.25) is 14.9 Å². The van der Waals surface area contributed by atoms with Gasteiger partial charge in [-0.05, 0) is 37.1 Å². The number of anilines is 3. The van der Waals surface area contributed by atoms with E-state index in [1.807, 2.05) is 0 Å². The molecule has 9 nitrogen and oxygen atoms in total. The maximum absolute atomic E-state index is 13.5. The predicted octanol–water partition coefficient (Wildman–Crippen LogP) is 2.01. The Bertz CT molecular complexity index is 1180. The molecule has 2 fully saturated rings. The SMILES string of the molecule is O=C1C/C(=C\c2cnn3c(NC4CC4)nc(Nc4cccc(F)c4)nc23)C(=O)N1. The highest BCUT2D eigenvalue weighted by atomic mass is 19.1. The molecule has 3 N–H and O–H groups in total. The van der Waals surface area contributed by atoms with Crippen LogP contribution in [0.1, 0.15) is 24.8 Å². The largest absolute Gasteiger partial charge is 0.351 e. The van der Waals surface area contributed by atoms with E-state index in [-0.39, 0.29) is 24.1 Å². The van der Waals surface area contributed by atoms with Crippen molar-refractivity contribution in [3.63, 3.8) is 0 Å². The zero-order valence-electron chi connectivity index (χ0n) is 15.1. The third kappa shape index (κ3) is 3.51. The van der Waals surface area contributed by atoms with Crippen molar-refractivity contribution in [3.05, 3.63) is 47.4 Å². The normalized spacial score (nSPS) is 17.8. The van der Waals surface area contributed by atoms with Crippen LogP contribution >= 0.6 is 0 Å². The fourth-order valence-electron chi connectivity index (χ4n) is 3.06. The molecule has 3 heterocycles. The number of benzene rings is 1. The monoisotopic (exact) mass is 393 g/mol. The molecule has 1 saturated heterocycles. The third-order valence-electron chi connectivity index (χ3n) is 4.61. The molecule has 0 radical (unpaired) electrons. The molecule has 5 rings (SSSR count). The molecule has 0 unspecified atom stereocenters. The van der Waals surface area contributed by atoms with Gasteiger partial charge >= 0.3 is 0 Å². The number of carbonyl (C=O) groups excluding carboxylic acids is 2. The molecule has 3 aromatic rings. The first-order valence-electron chi connectivity index (χ1n) is 9.15. The molecule has 2 aromatic heterocycles. The second-order valence-corrected chi connectivity index (χ2v) is 6.98. The van der Waals surface area contributed by atoms with Crippen molar-refractivity contribution in [2.24, 2.45) is 0 Å². The van der Waals surface area contributed by atoms with E-state index in [0.717, 1.165) is 12.8 Å². The lowest BCUT2D eigenvalue weighted by Gasteiger charge is -2.10. The zero-order valence-corrected chi connectivity index (χ0v) is 15.1. The number of carbonyl (C=O) groups is 2. The van der Waals surface area contributed by atoms with Crippen LogP contribution < -0.4 is 16.0 Å². The van der Waals surface area contributed by atoms with E-state index in [2.05, 4.69) is 31.0 Å². The van der Waals surface area contributed by atoms with Crippen molar-refractivity contribution in [1.29, 1.82) is 0 Å². The summed E-state index contributed by atoms with van der Waals surface area (Å²) in [6.45, 7) is 0. The fourth-order valence-corrected chi connectivity index (χ4v) is 3.06. The smallest absolute Gasteiger partial charge is 0.254 e. The second kappa shape index (κ2) is 6.66. The Kier molecular flexibility index (Phi) is 3.97. The summed E-state index contributed by atoms with van der Waals surface area (Å²) in [5.74, 6) is -0.375. The van der Waals surface area contributed by atoms with Gasteiger partial charge in [0.1, 0.15) is 5.82 Å². The van der Waals surface area contributed by atoms with Crippen molar-refractivity contribution in [2.45, 2.75) is 25.3 Å². The number of nitrogens with zero attached hydrogens (tertiary/aromatic N) is 4. The Morgan fingerprint density at radius 2 is 2.10 bits per heavy atom. The second-order valence-electron chi connectivity index (χ2n) is 6.98. The molecule has 0 spiro atoms.